The van der Waals surface area contributed by atoms with Crippen LogP contribution in [0.5, 0.6) is 17.2 Å². The van der Waals surface area contributed by atoms with E-state index in [1.165, 1.54) is 48.1 Å². The van der Waals surface area contributed by atoms with E-state index in [1.54, 1.807) is 7.11 Å². The minimum atomic E-state index is 0.759. The van der Waals surface area contributed by atoms with Crippen molar-refractivity contribution in [1.82, 2.24) is 4.90 Å². The Hall–Kier alpha value is -2.66. The molecular weight excluding hydrogens is 424 g/mol. The Morgan fingerprint density at radius 1 is 0.912 bits per heavy atom. The van der Waals surface area contributed by atoms with Gasteiger partial charge in [0, 0.05) is 37.3 Å². The van der Waals surface area contributed by atoms with Crippen LogP contribution in [0.3, 0.4) is 0 Å². The molecule has 1 aliphatic carbocycles. The third kappa shape index (κ3) is 4.90. The minimum Gasteiger partial charge on any atom is -0.495 e. The number of hydrogen-bond acceptors (Lipinski definition) is 5. The van der Waals surface area contributed by atoms with Crippen LogP contribution in [0.25, 0.3) is 5.57 Å². The van der Waals surface area contributed by atoms with Crippen molar-refractivity contribution in [3.8, 4) is 17.2 Å². The summed E-state index contributed by atoms with van der Waals surface area (Å²) >= 11 is 0. The SMILES string of the molecule is COc1ccccc1N1CCN(CCCCOc2ccc3c(c2C)OCC2=C3CCCC2)CC1. The maximum Gasteiger partial charge on any atom is 0.142 e. The minimum absolute atomic E-state index is 0.759. The Balaban J connectivity index is 1.06. The summed E-state index contributed by atoms with van der Waals surface area (Å²) in [5, 5.41) is 0. The smallest absolute Gasteiger partial charge is 0.142 e. The van der Waals surface area contributed by atoms with E-state index in [0.29, 0.717) is 0 Å². The third-order valence-corrected chi connectivity index (χ3v) is 7.58. The van der Waals surface area contributed by atoms with Crippen LogP contribution in [0.2, 0.25) is 0 Å². The number of unbranched alkanes of at least 4 members (excludes halogenated alkanes) is 1. The molecular formula is C29H38N2O3. The van der Waals surface area contributed by atoms with Gasteiger partial charge in [0.15, 0.2) is 0 Å². The normalized spacial score (nSPS) is 18.2. The highest BCUT2D eigenvalue weighted by atomic mass is 16.5. The Kier molecular flexibility index (Phi) is 7.29. The van der Waals surface area contributed by atoms with Gasteiger partial charge >= 0.3 is 0 Å². The van der Waals surface area contributed by atoms with Gasteiger partial charge in [-0.15, -0.1) is 0 Å². The van der Waals surface area contributed by atoms with Crippen molar-refractivity contribution < 1.29 is 14.2 Å². The van der Waals surface area contributed by atoms with Gasteiger partial charge in [-0.2, -0.15) is 0 Å². The number of nitrogens with zero attached hydrogens (tertiary/aromatic N) is 2. The number of piperazine rings is 1. The maximum atomic E-state index is 6.19. The number of para-hydroxylation sites is 2. The predicted molar refractivity (Wildman–Crippen MR) is 138 cm³/mol. The first-order chi connectivity index (χ1) is 16.7. The molecule has 0 N–H and O–H groups in total. The first kappa shape index (κ1) is 23.1. The van der Waals surface area contributed by atoms with Crippen molar-refractivity contribution >= 4 is 11.3 Å². The molecule has 2 heterocycles. The molecule has 0 spiro atoms. The Morgan fingerprint density at radius 2 is 1.74 bits per heavy atom. The molecule has 182 valence electrons. The molecule has 34 heavy (non-hydrogen) atoms. The van der Waals surface area contributed by atoms with Gasteiger partial charge in [0.2, 0.25) is 0 Å². The first-order valence-corrected chi connectivity index (χ1v) is 13.0. The van der Waals surface area contributed by atoms with Crippen LogP contribution < -0.4 is 19.1 Å². The average Bonchev–Trinajstić information content (AvgIpc) is 2.90. The summed E-state index contributed by atoms with van der Waals surface area (Å²) in [7, 11) is 1.75. The third-order valence-electron chi connectivity index (χ3n) is 7.58. The van der Waals surface area contributed by atoms with E-state index < -0.39 is 0 Å². The molecule has 0 bridgehead atoms. The molecule has 2 aliphatic heterocycles. The van der Waals surface area contributed by atoms with Crippen LogP contribution in [0.15, 0.2) is 42.0 Å². The van der Waals surface area contributed by atoms with Crippen molar-refractivity contribution in [2.45, 2.75) is 45.4 Å². The van der Waals surface area contributed by atoms with E-state index in [4.69, 9.17) is 14.2 Å². The lowest BCUT2D eigenvalue weighted by Crippen LogP contribution is -2.46. The van der Waals surface area contributed by atoms with Crippen molar-refractivity contribution in [1.29, 1.82) is 0 Å². The topological polar surface area (TPSA) is 34.2 Å². The number of hydrogen-bond donors (Lipinski definition) is 0. The number of rotatable bonds is 8. The summed E-state index contributed by atoms with van der Waals surface area (Å²) < 4.78 is 17.9. The van der Waals surface area contributed by atoms with E-state index in [2.05, 4.69) is 41.0 Å². The number of allylic oxidation sites excluding steroid dienone is 1. The van der Waals surface area contributed by atoms with Crippen molar-refractivity contribution in [3.63, 3.8) is 0 Å². The number of methoxy groups -OCH3 is 1. The van der Waals surface area contributed by atoms with E-state index in [9.17, 15) is 0 Å². The second kappa shape index (κ2) is 10.7. The highest BCUT2D eigenvalue weighted by molar-refractivity contribution is 5.77. The molecule has 2 aromatic rings. The molecule has 3 aliphatic rings. The zero-order valence-corrected chi connectivity index (χ0v) is 20.8. The molecule has 0 radical (unpaired) electrons. The molecule has 0 unspecified atom stereocenters. The lowest BCUT2D eigenvalue weighted by molar-refractivity contribution is 0.237. The van der Waals surface area contributed by atoms with Crippen LogP contribution in [-0.2, 0) is 0 Å². The molecule has 0 aromatic heterocycles. The fourth-order valence-electron chi connectivity index (χ4n) is 5.59. The van der Waals surface area contributed by atoms with Gasteiger partial charge in [0.25, 0.3) is 0 Å². The van der Waals surface area contributed by atoms with Gasteiger partial charge in [-0.05, 0) is 87.4 Å². The van der Waals surface area contributed by atoms with Crippen LogP contribution in [0.4, 0.5) is 5.69 Å². The van der Waals surface area contributed by atoms with E-state index in [0.717, 1.165) is 81.6 Å². The van der Waals surface area contributed by atoms with Gasteiger partial charge < -0.3 is 19.1 Å². The predicted octanol–water partition coefficient (Wildman–Crippen LogP) is 5.70. The number of anilines is 1. The van der Waals surface area contributed by atoms with Gasteiger partial charge in [-0.25, -0.2) is 0 Å². The van der Waals surface area contributed by atoms with Crippen LogP contribution >= 0.6 is 0 Å². The molecule has 5 heteroatoms. The van der Waals surface area contributed by atoms with Crippen LogP contribution in [0, 0.1) is 6.92 Å². The highest BCUT2D eigenvalue weighted by Gasteiger charge is 2.25. The molecule has 0 saturated carbocycles. The van der Waals surface area contributed by atoms with Gasteiger partial charge in [-0.1, -0.05) is 12.1 Å². The zero-order valence-electron chi connectivity index (χ0n) is 20.8. The second-order valence-electron chi connectivity index (χ2n) is 9.70. The van der Waals surface area contributed by atoms with Gasteiger partial charge in [0.1, 0.15) is 23.9 Å². The summed E-state index contributed by atoms with van der Waals surface area (Å²) in [6.07, 6.45) is 7.21. The first-order valence-electron chi connectivity index (χ1n) is 13.0. The van der Waals surface area contributed by atoms with Gasteiger partial charge in [-0.3, -0.25) is 4.90 Å². The van der Waals surface area contributed by atoms with E-state index in [-0.39, 0.29) is 0 Å². The number of fused-ring (bicyclic) bond motifs is 2. The summed E-state index contributed by atoms with van der Waals surface area (Å²) in [5.74, 6) is 2.99. The van der Waals surface area contributed by atoms with Crippen molar-refractivity contribution in [2.24, 2.45) is 0 Å². The fourth-order valence-corrected chi connectivity index (χ4v) is 5.59. The molecule has 0 atom stereocenters. The molecule has 1 fully saturated rings. The monoisotopic (exact) mass is 462 g/mol. The van der Waals surface area contributed by atoms with Crippen LogP contribution in [0.1, 0.15) is 49.7 Å². The zero-order chi connectivity index (χ0) is 23.3. The molecule has 5 nitrogen and oxygen atoms in total. The number of ether oxygens (including phenoxy) is 3. The molecule has 1 saturated heterocycles. The fraction of sp³-hybridized carbons (Fsp3) is 0.517. The molecule has 0 amide bonds. The number of benzene rings is 2. The lowest BCUT2D eigenvalue weighted by Gasteiger charge is -2.36. The summed E-state index contributed by atoms with van der Waals surface area (Å²) in [4.78, 5) is 5.01. The summed E-state index contributed by atoms with van der Waals surface area (Å²) in [6.45, 7) is 9.07. The van der Waals surface area contributed by atoms with Crippen LogP contribution in [-0.4, -0.2) is 57.9 Å². The van der Waals surface area contributed by atoms with Gasteiger partial charge in [0.05, 0.1) is 19.4 Å². The Morgan fingerprint density at radius 3 is 2.59 bits per heavy atom. The lowest BCUT2D eigenvalue weighted by atomic mass is 9.85. The average molecular weight is 463 g/mol. The summed E-state index contributed by atoms with van der Waals surface area (Å²) in [5.41, 5.74) is 6.71. The summed E-state index contributed by atoms with van der Waals surface area (Å²) in [6, 6.07) is 12.7. The Bertz CT molecular complexity index is 1020. The van der Waals surface area contributed by atoms with Crippen molar-refractivity contribution in [2.75, 3.05) is 57.9 Å². The Labute approximate surface area is 204 Å². The highest BCUT2D eigenvalue weighted by Crippen LogP contribution is 2.44. The quantitative estimate of drug-likeness (QED) is 0.470. The maximum absolute atomic E-state index is 6.19. The molecule has 2 aromatic carbocycles. The standard InChI is InChI=1S/C29H38N2O3/c1-22-27(14-13-25-24-10-4-3-9-23(24)21-34-29(22)25)33-20-8-7-15-30-16-18-31(19-17-30)26-11-5-6-12-28(26)32-2/h5-6,11-14H,3-4,7-10,15-21H2,1-2H3. The second-order valence-corrected chi connectivity index (χ2v) is 9.70. The van der Waals surface area contributed by atoms with E-state index in [1.807, 2.05) is 12.1 Å². The van der Waals surface area contributed by atoms with E-state index >= 15 is 0 Å². The largest absolute Gasteiger partial charge is 0.495 e. The van der Waals surface area contributed by atoms with Crippen molar-refractivity contribution in [3.05, 3.63) is 53.1 Å². The molecule has 5 rings (SSSR count).